The average Bonchev–Trinajstić information content (AvgIpc) is 2.65. The van der Waals surface area contributed by atoms with Gasteiger partial charge in [0.05, 0.1) is 12.6 Å². The van der Waals surface area contributed by atoms with Crippen molar-refractivity contribution in [2.24, 2.45) is 0 Å². The minimum Gasteiger partial charge on any atom is -0.383 e. The highest BCUT2D eigenvalue weighted by molar-refractivity contribution is 6.34. The molecule has 1 unspecified atom stereocenters. The van der Waals surface area contributed by atoms with Crippen LogP contribution in [0.5, 0.6) is 0 Å². The molecule has 0 aromatic heterocycles. The summed E-state index contributed by atoms with van der Waals surface area (Å²) in [5.41, 5.74) is 0. The van der Waals surface area contributed by atoms with E-state index in [9.17, 15) is 9.59 Å². The van der Waals surface area contributed by atoms with E-state index < -0.39 is 11.8 Å². The SMILES string of the molecule is COCC(C)N(C)C(=O)C(=O)N1CCCNCC1. The summed E-state index contributed by atoms with van der Waals surface area (Å²) in [4.78, 5) is 27.2. The van der Waals surface area contributed by atoms with Crippen molar-refractivity contribution < 1.29 is 14.3 Å². The highest BCUT2D eigenvalue weighted by Crippen LogP contribution is 2.02. The number of nitrogens with one attached hydrogen (secondary N) is 1. The Balaban J connectivity index is 2.56. The van der Waals surface area contributed by atoms with Crippen molar-refractivity contribution >= 4 is 11.8 Å². The number of ether oxygens (including phenoxy) is 1. The van der Waals surface area contributed by atoms with Crippen LogP contribution in [0.15, 0.2) is 0 Å². The molecule has 0 radical (unpaired) electrons. The van der Waals surface area contributed by atoms with Crippen LogP contribution in [0.3, 0.4) is 0 Å². The van der Waals surface area contributed by atoms with Gasteiger partial charge in [-0.3, -0.25) is 9.59 Å². The molecule has 0 bridgehead atoms. The standard InChI is InChI=1S/C12H23N3O3/c1-10(9-18-3)14(2)11(16)12(17)15-7-4-5-13-6-8-15/h10,13H,4-9H2,1-3H3. The van der Waals surface area contributed by atoms with Gasteiger partial charge >= 0.3 is 11.8 Å². The van der Waals surface area contributed by atoms with Crippen LogP contribution in [0.2, 0.25) is 0 Å². The van der Waals surface area contributed by atoms with Crippen LogP contribution in [-0.4, -0.2) is 74.6 Å². The number of nitrogens with zero attached hydrogens (tertiary/aromatic N) is 2. The van der Waals surface area contributed by atoms with Crippen molar-refractivity contribution in [2.75, 3.05) is 46.9 Å². The maximum absolute atomic E-state index is 12.1. The summed E-state index contributed by atoms with van der Waals surface area (Å²) >= 11 is 0. The van der Waals surface area contributed by atoms with Crippen molar-refractivity contribution in [3.63, 3.8) is 0 Å². The molecule has 104 valence electrons. The van der Waals surface area contributed by atoms with E-state index in [0.29, 0.717) is 19.7 Å². The molecule has 1 rings (SSSR count). The van der Waals surface area contributed by atoms with E-state index in [1.165, 1.54) is 4.90 Å². The predicted molar refractivity (Wildman–Crippen MR) is 68.2 cm³/mol. The summed E-state index contributed by atoms with van der Waals surface area (Å²) in [5, 5.41) is 3.20. The summed E-state index contributed by atoms with van der Waals surface area (Å²) in [6.45, 7) is 5.17. The molecule has 1 aliphatic rings. The van der Waals surface area contributed by atoms with Gasteiger partial charge in [-0.1, -0.05) is 0 Å². The third-order valence-corrected chi connectivity index (χ3v) is 3.20. The first-order valence-electron chi connectivity index (χ1n) is 6.33. The maximum Gasteiger partial charge on any atom is 0.312 e. The summed E-state index contributed by atoms with van der Waals surface area (Å²) in [6.07, 6.45) is 0.885. The first-order valence-corrected chi connectivity index (χ1v) is 6.33. The van der Waals surface area contributed by atoms with Crippen molar-refractivity contribution in [3.8, 4) is 0 Å². The third kappa shape index (κ3) is 3.96. The molecule has 1 saturated heterocycles. The molecule has 0 aromatic rings. The van der Waals surface area contributed by atoms with E-state index in [1.807, 2.05) is 6.92 Å². The monoisotopic (exact) mass is 257 g/mol. The number of rotatable bonds is 3. The molecule has 18 heavy (non-hydrogen) atoms. The van der Waals surface area contributed by atoms with Gasteiger partial charge in [0.1, 0.15) is 0 Å². The average molecular weight is 257 g/mol. The lowest BCUT2D eigenvalue weighted by molar-refractivity contribution is -0.152. The Morgan fingerprint density at radius 3 is 2.78 bits per heavy atom. The van der Waals surface area contributed by atoms with Gasteiger partial charge in [-0.25, -0.2) is 0 Å². The second-order valence-corrected chi connectivity index (χ2v) is 4.62. The summed E-state index contributed by atoms with van der Waals surface area (Å²) in [5.74, 6) is -0.870. The zero-order valence-electron chi connectivity index (χ0n) is 11.4. The van der Waals surface area contributed by atoms with Gasteiger partial charge < -0.3 is 19.9 Å². The number of hydrogen-bond acceptors (Lipinski definition) is 4. The van der Waals surface area contributed by atoms with Crippen molar-refractivity contribution in [1.29, 1.82) is 0 Å². The third-order valence-electron chi connectivity index (χ3n) is 3.20. The number of amides is 2. The molecule has 2 amide bonds. The first-order chi connectivity index (χ1) is 8.57. The quantitative estimate of drug-likeness (QED) is 0.679. The number of carbonyl (C=O) groups is 2. The summed E-state index contributed by atoms with van der Waals surface area (Å²) < 4.78 is 4.99. The minimum atomic E-state index is -0.457. The zero-order valence-corrected chi connectivity index (χ0v) is 11.4. The topological polar surface area (TPSA) is 61.9 Å². The van der Waals surface area contributed by atoms with E-state index >= 15 is 0 Å². The van der Waals surface area contributed by atoms with Crippen molar-refractivity contribution in [2.45, 2.75) is 19.4 Å². The second-order valence-electron chi connectivity index (χ2n) is 4.62. The Bertz CT molecular complexity index is 288. The summed E-state index contributed by atoms with van der Waals surface area (Å²) in [6, 6.07) is -0.100. The van der Waals surface area contributed by atoms with Gasteiger partial charge in [0.25, 0.3) is 0 Å². The van der Waals surface area contributed by atoms with E-state index in [4.69, 9.17) is 4.74 Å². The molecule has 0 aromatic carbocycles. The van der Waals surface area contributed by atoms with E-state index in [1.54, 1.807) is 19.1 Å². The van der Waals surface area contributed by atoms with E-state index in [0.717, 1.165) is 19.5 Å². The van der Waals surface area contributed by atoms with Gasteiger partial charge in [-0.15, -0.1) is 0 Å². The number of methoxy groups -OCH3 is 1. The Morgan fingerprint density at radius 1 is 1.39 bits per heavy atom. The van der Waals surface area contributed by atoms with E-state index in [-0.39, 0.29) is 6.04 Å². The second kappa shape index (κ2) is 7.33. The first kappa shape index (κ1) is 14.9. The molecule has 1 N–H and O–H groups in total. The van der Waals surface area contributed by atoms with Crippen LogP contribution >= 0.6 is 0 Å². The lowest BCUT2D eigenvalue weighted by Crippen LogP contribution is -2.48. The largest absolute Gasteiger partial charge is 0.383 e. The Hall–Kier alpha value is -1.14. The van der Waals surface area contributed by atoms with Crippen LogP contribution in [0.25, 0.3) is 0 Å². The molecule has 0 spiro atoms. The number of carbonyl (C=O) groups excluding carboxylic acids is 2. The Labute approximate surface area is 108 Å². The molecule has 6 nitrogen and oxygen atoms in total. The Kier molecular flexibility index (Phi) is 6.07. The molecular formula is C12H23N3O3. The molecule has 0 saturated carbocycles. The highest BCUT2D eigenvalue weighted by atomic mass is 16.5. The van der Waals surface area contributed by atoms with Crippen molar-refractivity contribution in [1.82, 2.24) is 15.1 Å². The van der Waals surface area contributed by atoms with Crippen molar-refractivity contribution in [3.05, 3.63) is 0 Å². The molecule has 0 aliphatic carbocycles. The van der Waals surface area contributed by atoms with Gasteiger partial charge in [0, 0.05) is 33.8 Å². The normalized spacial score (nSPS) is 18.1. The molecular weight excluding hydrogens is 234 g/mol. The smallest absolute Gasteiger partial charge is 0.312 e. The van der Waals surface area contributed by atoms with Crippen LogP contribution in [-0.2, 0) is 14.3 Å². The lowest BCUT2D eigenvalue weighted by atomic mass is 10.3. The van der Waals surface area contributed by atoms with Gasteiger partial charge in [-0.2, -0.15) is 0 Å². The molecule has 1 fully saturated rings. The fraction of sp³-hybridized carbons (Fsp3) is 0.833. The number of likely N-dealkylation sites (N-methyl/N-ethyl adjacent to an activating group) is 1. The Morgan fingerprint density at radius 2 is 2.11 bits per heavy atom. The molecule has 1 heterocycles. The van der Waals surface area contributed by atoms with Gasteiger partial charge in [0.15, 0.2) is 0 Å². The van der Waals surface area contributed by atoms with Crippen LogP contribution < -0.4 is 5.32 Å². The minimum absolute atomic E-state index is 0.100. The predicted octanol–water partition coefficient (Wildman–Crippen LogP) is -0.698. The molecule has 6 heteroatoms. The van der Waals surface area contributed by atoms with Crippen LogP contribution in [0.4, 0.5) is 0 Å². The summed E-state index contributed by atoms with van der Waals surface area (Å²) in [7, 11) is 3.22. The van der Waals surface area contributed by atoms with Crippen LogP contribution in [0.1, 0.15) is 13.3 Å². The van der Waals surface area contributed by atoms with Crippen LogP contribution in [0, 0.1) is 0 Å². The fourth-order valence-corrected chi connectivity index (χ4v) is 1.89. The van der Waals surface area contributed by atoms with Gasteiger partial charge in [-0.05, 0) is 19.9 Å². The zero-order chi connectivity index (χ0) is 13.5. The fourth-order valence-electron chi connectivity index (χ4n) is 1.89. The number of hydrogen-bond donors (Lipinski definition) is 1. The molecule has 1 atom stereocenters. The van der Waals surface area contributed by atoms with Gasteiger partial charge in [0.2, 0.25) is 0 Å². The highest BCUT2D eigenvalue weighted by Gasteiger charge is 2.27. The van der Waals surface area contributed by atoms with E-state index in [2.05, 4.69) is 5.32 Å². The lowest BCUT2D eigenvalue weighted by Gasteiger charge is -2.27. The maximum atomic E-state index is 12.1. The molecule has 1 aliphatic heterocycles.